The van der Waals surface area contributed by atoms with Crippen LogP contribution in [0.5, 0.6) is 0 Å². The molecule has 64 valence electrons. The Kier molecular flexibility index (Phi) is 5.22. The van der Waals surface area contributed by atoms with Gasteiger partial charge in [-0.2, -0.15) is 5.26 Å². The highest BCUT2D eigenvalue weighted by atomic mass is 35.5. The van der Waals surface area contributed by atoms with E-state index in [1.807, 2.05) is 6.92 Å². The normalized spacial score (nSPS) is 21.5. The summed E-state index contributed by atoms with van der Waals surface area (Å²) in [6, 6.07) is 2.25. The van der Waals surface area contributed by atoms with Crippen molar-refractivity contribution in [1.82, 2.24) is 4.90 Å². The van der Waals surface area contributed by atoms with E-state index in [1.54, 1.807) is 0 Å². The molecule has 1 saturated heterocycles. The quantitative estimate of drug-likeness (QED) is 0.589. The first-order valence-electron chi connectivity index (χ1n) is 3.56. The van der Waals surface area contributed by atoms with Gasteiger partial charge >= 0.3 is 0 Å². The first kappa shape index (κ1) is 10.7. The Bertz CT molecular complexity index is 140. The van der Waals surface area contributed by atoms with Crippen LogP contribution in [0.2, 0.25) is 0 Å². The Morgan fingerprint density at radius 1 is 1.45 bits per heavy atom. The summed E-state index contributed by atoms with van der Waals surface area (Å²) in [4.78, 5) is 2.13. The molecule has 1 fully saturated rings. The van der Waals surface area contributed by atoms with Crippen molar-refractivity contribution in [3.8, 4) is 6.07 Å². The van der Waals surface area contributed by atoms with Crippen molar-refractivity contribution in [3.05, 3.63) is 0 Å². The van der Waals surface area contributed by atoms with E-state index in [4.69, 9.17) is 10.00 Å². The molecule has 0 amide bonds. The van der Waals surface area contributed by atoms with E-state index >= 15 is 0 Å². The maximum atomic E-state index is 8.55. The second-order valence-electron chi connectivity index (χ2n) is 2.45. The summed E-state index contributed by atoms with van der Waals surface area (Å²) in [5.74, 6) is 0. The summed E-state index contributed by atoms with van der Waals surface area (Å²) in [5, 5.41) is 8.55. The zero-order valence-corrected chi connectivity index (χ0v) is 7.43. The fourth-order valence-corrected chi connectivity index (χ4v) is 1.05. The molecular weight excluding hydrogens is 164 g/mol. The van der Waals surface area contributed by atoms with Crippen LogP contribution in [0.25, 0.3) is 0 Å². The van der Waals surface area contributed by atoms with Crippen molar-refractivity contribution in [2.24, 2.45) is 0 Å². The number of nitriles is 1. The van der Waals surface area contributed by atoms with Crippen LogP contribution in [0.1, 0.15) is 6.92 Å². The molecule has 0 aromatic heterocycles. The number of nitrogens with zero attached hydrogens (tertiary/aromatic N) is 2. The van der Waals surface area contributed by atoms with Crippen LogP contribution >= 0.6 is 12.4 Å². The molecule has 0 aromatic rings. The molecule has 3 nitrogen and oxygen atoms in total. The zero-order chi connectivity index (χ0) is 7.40. The first-order valence-corrected chi connectivity index (χ1v) is 3.56. The van der Waals surface area contributed by atoms with Crippen molar-refractivity contribution in [2.75, 3.05) is 26.3 Å². The number of halogens is 1. The molecular formula is C7H13ClN2O. The summed E-state index contributed by atoms with van der Waals surface area (Å²) in [7, 11) is 0. The molecule has 1 atom stereocenters. The van der Waals surface area contributed by atoms with Crippen molar-refractivity contribution in [1.29, 1.82) is 5.26 Å². The highest BCUT2D eigenvalue weighted by molar-refractivity contribution is 5.85. The summed E-state index contributed by atoms with van der Waals surface area (Å²) in [6.45, 7) is 5.26. The second-order valence-corrected chi connectivity index (χ2v) is 2.45. The van der Waals surface area contributed by atoms with Crippen LogP contribution in [-0.2, 0) is 4.74 Å². The van der Waals surface area contributed by atoms with Gasteiger partial charge in [-0.1, -0.05) is 0 Å². The number of hydrogen-bond donors (Lipinski definition) is 0. The van der Waals surface area contributed by atoms with E-state index in [0.29, 0.717) is 0 Å². The van der Waals surface area contributed by atoms with E-state index in [9.17, 15) is 0 Å². The van der Waals surface area contributed by atoms with Crippen molar-refractivity contribution >= 4 is 12.4 Å². The lowest BCUT2D eigenvalue weighted by Gasteiger charge is -2.28. The number of hydrogen-bond acceptors (Lipinski definition) is 3. The van der Waals surface area contributed by atoms with Crippen LogP contribution < -0.4 is 0 Å². The fourth-order valence-electron chi connectivity index (χ4n) is 1.05. The smallest absolute Gasteiger partial charge is 0.0950 e. The SMILES string of the molecule is CC(C#N)N1CCOCC1.Cl. The maximum absolute atomic E-state index is 8.55. The molecule has 0 saturated carbocycles. The monoisotopic (exact) mass is 176 g/mol. The standard InChI is InChI=1S/C7H12N2O.ClH/c1-7(6-8)9-2-4-10-5-3-9;/h7H,2-5H2,1H3;1H. The van der Waals surface area contributed by atoms with Gasteiger partial charge in [-0.25, -0.2) is 0 Å². The second kappa shape index (κ2) is 5.36. The molecule has 1 unspecified atom stereocenters. The minimum atomic E-state index is 0. The topological polar surface area (TPSA) is 36.3 Å². The van der Waals surface area contributed by atoms with Gasteiger partial charge in [-0.15, -0.1) is 12.4 Å². The molecule has 0 bridgehead atoms. The van der Waals surface area contributed by atoms with Crippen LogP contribution in [0, 0.1) is 11.3 Å². The van der Waals surface area contributed by atoms with Crippen LogP contribution in [0.15, 0.2) is 0 Å². The highest BCUT2D eigenvalue weighted by Crippen LogP contribution is 2.01. The van der Waals surface area contributed by atoms with Gasteiger partial charge in [0.25, 0.3) is 0 Å². The van der Waals surface area contributed by atoms with E-state index in [-0.39, 0.29) is 18.4 Å². The van der Waals surface area contributed by atoms with Gasteiger partial charge in [0.2, 0.25) is 0 Å². The average Bonchev–Trinajstić information content (AvgIpc) is 2.05. The minimum absolute atomic E-state index is 0. The van der Waals surface area contributed by atoms with Gasteiger partial charge in [0, 0.05) is 13.1 Å². The lowest BCUT2D eigenvalue weighted by atomic mass is 10.3. The van der Waals surface area contributed by atoms with Crippen LogP contribution in [-0.4, -0.2) is 37.2 Å². The Balaban J connectivity index is 0.000001000. The molecule has 0 N–H and O–H groups in total. The Morgan fingerprint density at radius 2 is 2.00 bits per heavy atom. The molecule has 0 aliphatic carbocycles. The van der Waals surface area contributed by atoms with Crippen molar-refractivity contribution in [2.45, 2.75) is 13.0 Å². The molecule has 1 aliphatic rings. The Labute approximate surface area is 73.3 Å². The predicted molar refractivity (Wildman–Crippen MR) is 44.7 cm³/mol. The van der Waals surface area contributed by atoms with E-state index < -0.39 is 0 Å². The summed E-state index contributed by atoms with van der Waals surface area (Å²) in [6.07, 6.45) is 0. The maximum Gasteiger partial charge on any atom is 0.0950 e. The van der Waals surface area contributed by atoms with Crippen LogP contribution in [0.4, 0.5) is 0 Å². The van der Waals surface area contributed by atoms with Crippen molar-refractivity contribution in [3.63, 3.8) is 0 Å². The van der Waals surface area contributed by atoms with Gasteiger partial charge in [0.15, 0.2) is 0 Å². The number of morpholine rings is 1. The molecule has 0 aromatic carbocycles. The van der Waals surface area contributed by atoms with Crippen LogP contribution in [0.3, 0.4) is 0 Å². The van der Waals surface area contributed by atoms with Gasteiger partial charge in [0.05, 0.1) is 25.3 Å². The lowest BCUT2D eigenvalue weighted by Crippen LogP contribution is -2.41. The molecule has 11 heavy (non-hydrogen) atoms. The first-order chi connectivity index (χ1) is 4.84. The van der Waals surface area contributed by atoms with Crippen molar-refractivity contribution < 1.29 is 4.74 Å². The van der Waals surface area contributed by atoms with Gasteiger partial charge in [-0.05, 0) is 6.92 Å². The minimum Gasteiger partial charge on any atom is -0.379 e. The molecule has 1 rings (SSSR count). The number of rotatable bonds is 1. The fraction of sp³-hybridized carbons (Fsp3) is 0.857. The third kappa shape index (κ3) is 3.06. The van der Waals surface area contributed by atoms with Gasteiger partial charge in [0.1, 0.15) is 0 Å². The van der Waals surface area contributed by atoms with Gasteiger partial charge in [-0.3, -0.25) is 4.90 Å². The summed E-state index contributed by atoms with van der Waals surface area (Å²) >= 11 is 0. The number of ether oxygens (including phenoxy) is 1. The zero-order valence-electron chi connectivity index (χ0n) is 6.62. The molecule has 4 heteroatoms. The largest absolute Gasteiger partial charge is 0.379 e. The molecule has 0 radical (unpaired) electrons. The average molecular weight is 177 g/mol. The molecule has 1 heterocycles. The molecule has 1 aliphatic heterocycles. The molecule has 0 spiro atoms. The highest BCUT2D eigenvalue weighted by Gasteiger charge is 2.15. The third-order valence-electron chi connectivity index (χ3n) is 1.78. The van der Waals surface area contributed by atoms with E-state index in [2.05, 4.69) is 11.0 Å². The van der Waals surface area contributed by atoms with E-state index in [0.717, 1.165) is 26.3 Å². The van der Waals surface area contributed by atoms with E-state index in [1.165, 1.54) is 0 Å². The Hall–Kier alpha value is -0.300. The summed E-state index contributed by atoms with van der Waals surface area (Å²) in [5.41, 5.74) is 0. The third-order valence-corrected chi connectivity index (χ3v) is 1.78. The Morgan fingerprint density at radius 3 is 2.45 bits per heavy atom. The van der Waals surface area contributed by atoms with Gasteiger partial charge < -0.3 is 4.74 Å². The lowest BCUT2D eigenvalue weighted by molar-refractivity contribution is 0.0299. The summed E-state index contributed by atoms with van der Waals surface area (Å²) < 4.78 is 5.14. The predicted octanol–water partition coefficient (Wildman–Crippen LogP) is 0.652.